The lowest BCUT2D eigenvalue weighted by atomic mass is 9.95. The number of carbonyl (C=O) groups is 3. The summed E-state index contributed by atoms with van der Waals surface area (Å²) >= 11 is 0. The van der Waals surface area contributed by atoms with Crippen LogP contribution in [0.15, 0.2) is 24.5 Å². The Kier molecular flexibility index (Phi) is 7.29. The second-order valence-electron chi connectivity index (χ2n) is 7.14. The Morgan fingerprint density at radius 1 is 1.28 bits per heavy atom. The first-order valence-electron chi connectivity index (χ1n) is 9.97. The average Bonchev–Trinajstić information content (AvgIpc) is 3.29. The lowest BCUT2D eigenvalue weighted by Gasteiger charge is -2.36. The van der Waals surface area contributed by atoms with Gasteiger partial charge in [0.05, 0.1) is 33.4 Å². The SMILES string of the molecule is COC(=O)CC[C@H](NC(=O)N1CCc2[nH]cnc2[C@@H]1c1ccc(OC)cc1F)C(=O)OC. The number of benzene rings is 1. The van der Waals surface area contributed by atoms with Crippen LogP contribution in [0.2, 0.25) is 0 Å². The zero-order chi connectivity index (χ0) is 23.3. The third kappa shape index (κ3) is 4.82. The molecule has 0 saturated carbocycles. The van der Waals surface area contributed by atoms with E-state index in [1.165, 1.54) is 44.7 Å². The maximum absolute atomic E-state index is 15.0. The first kappa shape index (κ1) is 23.0. The second-order valence-corrected chi connectivity index (χ2v) is 7.14. The highest BCUT2D eigenvalue weighted by Gasteiger charge is 2.37. The topological polar surface area (TPSA) is 123 Å². The molecule has 2 N–H and O–H groups in total. The number of nitrogens with one attached hydrogen (secondary N) is 2. The molecule has 1 aromatic heterocycles. The molecule has 2 aromatic rings. The molecule has 3 rings (SSSR count). The van der Waals surface area contributed by atoms with E-state index < -0.39 is 35.9 Å². The van der Waals surface area contributed by atoms with Crippen molar-refractivity contribution in [2.45, 2.75) is 31.3 Å². The molecule has 1 aliphatic rings. The van der Waals surface area contributed by atoms with Crippen molar-refractivity contribution in [3.63, 3.8) is 0 Å². The number of aromatic nitrogens is 2. The van der Waals surface area contributed by atoms with Gasteiger partial charge in [-0.2, -0.15) is 0 Å². The fourth-order valence-corrected chi connectivity index (χ4v) is 3.65. The van der Waals surface area contributed by atoms with Crippen LogP contribution in [0.5, 0.6) is 5.75 Å². The Labute approximate surface area is 184 Å². The number of hydrogen-bond donors (Lipinski definition) is 2. The zero-order valence-corrected chi connectivity index (χ0v) is 18.0. The van der Waals surface area contributed by atoms with Crippen LogP contribution in [0.25, 0.3) is 0 Å². The summed E-state index contributed by atoms with van der Waals surface area (Å²) < 4.78 is 29.4. The summed E-state index contributed by atoms with van der Waals surface area (Å²) in [7, 11) is 3.85. The molecule has 1 aromatic carbocycles. The van der Waals surface area contributed by atoms with E-state index in [-0.39, 0.29) is 24.9 Å². The van der Waals surface area contributed by atoms with Crippen molar-refractivity contribution >= 4 is 18.0 Å². The van der Waals surface area contributed by atoms with E-state index in [0.717, 1.165) is 5.69 Å². The molecule has 0 bridgehead atoms. The van der Waals surface area contributed by atoms with E-state index in [1.807, 2.05) is 0 Å². The Morgan fingerprint density at radius 3 is 2.72 bits per heavy atom. The molecule has 0 spiro atoms. The third-order valence-electron chi connectivity index (χ3n) is 5.34. The quantitative estimate of drug-likeness (QED) is 0.618. The molecule has 11 heteroatoms. The predicted octanol–water partition coefficient (Wildman–Crippen LogP) is 1.71. The molecule has 0 fully saturated rings. The summed E-state index contributed by atoms with van der Waals surface area (Å²) in [4.78, 5) is 45.6. The Balaban J connectivity index is 1.89. The average molecular weight is 448 g/mol. The molecular weight excluding hydrogens is 423 g/mol. The number of H-pyrrole nitrogens is 1. The first-order chi connectivity index (χ1) is 15.4. The number of carbonyl (C=O) groups excluding carboxylic acids is 3. The highest BCUT2D eigenvalue weighted by atomic mass is 19.1. The van der Waals surface area contributed by atoms with Gasteiger partial charge in [0, 0.05) is 36.7 Å². The van der Waals surface area contributed by atoms with E-state index in [1.54, 1.807) is 6.07 Å². The van der Waals surface area contributed by atoms with Crippen LogP contribution in [0, 0.1) is 5.82 Å². The van der Waals surface area contributed by atoms with Crippen molar-refractivity contribution in [1.29, 1.82) is 0 Å². The van der Waals surface area contributed by atoms with Crippen LogP contribution in [0.1, 0.15) is 35.8 Å². The molecule has 2 atom stereocenters. The van der Waals surface area contributed by atoms with Crippen LogP contribution in [0.3, 0.4) is 0 Å². The van der Waals surface area contributed by atoms with Gasteiger partial charge in [0.2, 0.25) is 0 Å². The minimum Gasteiger partial charge on any atom is -0.497 e. The van der Waals surface area contributed by atoms with Gasteiger partial charge in [-0.15, -0.1) is 0 Å². The van der Waals surface area contributed by atoms with E-state index >= 15 is 0 Å². The van der Waals surface area contributed by atoms with Gasteiger partial charge in [-0.25, -0.2) is 19.0 Å². The van der Waals surface area contributed by atoms with Crippen LogP contribution in [0.4, 0.5) is 9.18 Å². The lowest BCUT2D eigenvalue weighted by molar-refractivity contribution is -0.144. The normalized spacial score (nSPS) is 16.0. The van der Waals surface area contributed by atoms with Crippen molar-refractivity contribution in [2.24, 2.45) is 0 Å². The summed E-state index contributed by atoms with van der Waals surface area (Å²) in [5.41, 5.74) is 1.54. The number of halogens is 1. The molecule has 0 aliphatic carbocycles. The fourth-order valence-electron chi connectivity index (χ4n) is 3.65. The number of esters is 2. The number of fused-ring (bicyclic) bond motifs is 1. The second kappa shape index (κ2) is 10.1. The molecule has 2 heterocycles. The van der Waals surface area contributed by atoms with Gasteiger partial charge >= 0.3 is 18.0 Å². The Morgan fingerprint density at radius 2 is 2.06 bits per heavy atom. The first-order valence-corrected chi connectivity index (χ1v) is 9.97. The number of methoxy groups -OCH3 is 3. The van der Waals surface area contributed by atoms with Crippen molar-refractivity contribution in [2.75, 3.05) is 27.9 Å². The van der Waals surface area contributed by atoms with Gasteiger partial charge in [0.15, 0.2) is 0 Å². The third-order valence-corrected chi connectivity index (χ3v) is 5.34. The summed E-state index contributed by atoms with van der Waals surface area (Å²) in [6.07, 6.45) is 1.88. The molecule has 1 aliphatic heterocycles. The van der Waals surface area contributed by atoms with E-state index in [0.29, 0.717) is 17.9 Å². The Hall–Kier alpha value is -3.63. The van der Waals surface area contributed by atoms with Crippen molar-refractivity contribution in [1.82, 2.24) is 20.2 Å². The Bertz CT molecular complexity index is 994. The highest BCUT2D eigenvalue weighted by Crippen LogP contribution is 2.35. The smallest absolute Gasteiger partial charge is 0.328 e. The molecule has 32 heavy (non-hydrogen) atoms. The number of rotatable bonds is 7. The van der Waals surface area contributed by atoms with Gasteiger partial charge in [0.25, 0.3) is 0 Å². The summed E-state index contributed by atoms with van der Waals surface area (Å²) in [6, 6.07) is 1.86. The van der Waals surface area contributed by atoms with Crippen molar-refractivity contribution in [3.8, 4) is 5.75 Å². The minimum absolute atomic E-state index is 0.00581. The predicted molar refractivity (Wildman–Crippen MR) is 109 cm³/mol. The summed E-state index contributed by atoms with van der Waals surface area (Å²) in [6.45, 7) is 0.252. The molecule has 10 nitrogen and oxygen atoms in total. The van der Waals surface area contributed by atoms with Gasteiger partial charge < -0.3 is 29.4 Å². The summed E-state index contributed by atoms with van der Waals surface area (Å²) in [5.74, 6) is -1.44. The largest absolute Gasteiger partial charge is 0.497 e. The number of urea groups is 1. The van der Waals surface area contributed by atoms with E-state index in [2.05, 4.69) is 20.0 Å². The van der Waals surface area contributed by atoms with Gasteiger partial charge in [-0.05, 0) is 18.6 Å². The molecule has 172 valence electrons. The highest BCUT2D eigenvalue weighted by molar-refractivity contribution is 5.84. The standard InChI is InChI=1S/C21H25FN4O6/c1-30-12-4-5-13(14(22)10-12)19-18-15(23-11-24-18)8-9-26(19)21(29)25-16(20(28)32-3)6-7-17(27)31-2/h4-5,10-11,16,19H,6-9H2,1-3H3,(H,23,24)(H,25,29)/t16-,19-/m0/s1. The summed E-state index contributed by atoms with van der Waals surface area (Å²) in [5, 5.41) is 2.60. The zero-order valence-electron chi connectivity index (χ0n) is 18.0. The van der Waals surface area contributed by atoms with E-state index in [4.69, 9.17) is 9.47 Å². The van der Waals surface area contributed by atoms with Crippen LogP contribution in [-0.4, -0.2) is 66.8 Å². The number of amides is 2. The molecule has 0 unspecified atom stereocenters. The monoisotopic (exact) mass is 448 g/mol. The van der Waals surface area contributed by atoms with Crippen molar-refractivity contribution in [3.05, 3.63) is 47.3 Å². The van der Waals surface area contributed by atoms with Gasteiger partial charge in [-0.1, -0.05) is 0 Å². The fraction of sp³-hybridized carbons (Fsp3) is 0.429. The van der Waals surface area contributed by atoms with Gasteiger partial charge in [-0.3, -0.25) is 4.79 Å². The number of hydrogen-bond acceptors (Lipinski definition) is 7. The lowest BCUT2D eigenvalue weighted by Crippen LogP contribution is -2.51. The number of nitrogens with zero attached hydrogens (tertiary/aromatic N) is 2. The van der Waals surface area contributed by atoms with Crippen molar-refractivity contribution < 1.29 is 33.0 Å². The number of aromatic amines is 1. The molecule has 2 amide bonds. The molecule has 0 radical (unpaired) electrons. The van der Waals surface area contributed by atoms with E-state index in [9.17, 15) is 18.8 Å². The van der Waals surface area contributed by atoms with Crippen LogP contribution >= 0.6 is 0 Å². The number of imidazole rings is 1. The maximum Gasteiger partial charge on any atom is 0.328 e. The van der Waals surface area contributed by atoms with Crippen LogP contribution < -0.4 is 10.1 Å². The molecular formula is C21H25FN4O6. The maximum atomic E-state index is 15.0. The van der Waals surface area contributed by atoms with Crippen LogP contribution in [-0.2, 0) is 25.5 Å². The minimum atomic E-state index is -1.08. The van der Waals surface area contributed by atoms with Gasteiger partial charge in [0.1, 0.15) is 23.7 Å². The number of ether oxygens (including phenoxy) is 3. The molecule has 0 saturated heterocycles.